The Kier molecular flexibility index (Phi) is 7.52. The number of rotatable bonds is 8. The molecule has 24 heavy (non-hydrogen) atoms. The van der Waals surface area contributed by atoms with Crippen LogP contribution >= 0.6 is 0 Å². The number of aliphatic hydroxyl groups excluding tert-OH is 2. The van der Waals surface area contributed by atoms with Crippen LogP contribution in [0.25, 0.3) is 0 Å². The molecule has 1 fully saturated rings. The Morgan fingerprint density at radius 1 is 1.17 bits per heavy atom. The maximum absolute atomic E-state index is 12.3. The van der Waals surface area contributed by atoms with E-state index < -0.39 is 42.6 Å². The largest absolute Gasteiger partial charge is 0.477 e. The molecular weight excluding hydrogens is 324 g/mol. The van der Waals surface area contributed by atoms with Crippen LogP contribution in [-0.4, -0.2) is 110 Å². The number of nitrogens with one attached hydrogen (secondary N) is 1. The highest BCUT2D eigenvalue weighted by molar-refractivity contribution is 5.81. The van der Waals surface area contributed by atoms with E-state index in [0.29, 0.717) is 6.54 Å². The summed E-state index contributed by atoms with van der Waals surface area (Å²) >= 11 is 0. The predicted octanol–water partition coefficient (Wildman–Crippen LogP) is -2.63. The van der Waals surface area contributed by atoms with E-state index in [9.17, 15) is 19.8 Å². The van der Waals surface area contributed by atoms with Gasteiger partial charge in [-0.2, -0.15) is 0 Å². The molecule has 1 aliphatic heterocycles. The van der Waals surface area contributed by atoms with Crippen molar-refractivity contribution in [2.45, 2.75) is 30.7 Å². The number of carboxylic acid groups (broad SMARTS) is 1. The summed E-state index contributed by atoms with van der Waals surface area (Å²) < 4.78 is 15.5. The summed E-state index contributed by atoms with van der Waals surface area (Å²) in [5.74, 6) is -1.47. The van der Waals surface area contributed by atoms with Crippen LogP contribution in [0, 0.1) is 0 Å². The Hall–Kier alpha value is -1.30. The van der Waals surface area contributed by atoms with Crippen LogP contribution in [-0.2, 0) is 23.8 Å². The third-order valence-corrected chi connectivity index (χ3v) is 3.89. The average Bonchev–Trinajstić information content (AvgIpc) is 2.47. The molecule has 5 atom stereocenters. The monoisotopic (exact) mass is 351 g/mol. The molecule has 4 N–H and O–H groups in total. The van der Waals surface area contributed by atoms with Gasteiger partial charge in [0.05, 0.1) is 27.2 Å². The molecular formula is C14H27N2O8+. The number of hydrogen-bond acceptors (Lipinski definition) is 7. The van der Waals surface area contributed by atoms with Gasteiger partial charge >= 0.3 is 5.97 Å². The van der Waals surface area contributed by atoms with E-state index in [1.807, 2.05) is 0 Å². The fraction of sp³-hybridized carbons (Fsp3) is 0.857. The van der Waals surface area contributed by atoms with Crippen molar-refractivity contribution in [3.63, 3.8) is 0 Å². The fourth-order valence-electron chi connectivity index (χ4n) is 2.53. The number of carbonyl (C=O) groups is 2. The van der Waals surface area contributed by atoms with E-state index in [0.717, 1.165) is 0 Å². The van der Waals surface area contributed by atoms with Gasteiger partial charge in [-0.1, -0.05) is 0 Å². The zero-order chi connectivity index (χ0) is 18.5. The first-order valence-corrected chi connectivity index (χ1v) is 7.51. The third kappa shape index (κ3) is 5.36. The minimum absolute atomic E-state index is 0.0762. The Balaban J connectivity index is 2.63. The second-order valence-corrected chi connectivity index (χ2v) is 6.34. The number of hydrogen-bond donors (Lipinski definition) is 4. The van der Waals surface area contributed by atoms with Crippen molar-refractivity contribution in [3.8, 4) is 0 Å². The molecule has 10 heteroatoms. The van der Waals surface area contributed by atoms with Crippen LogP contribution in [0.15, 0.2) is 0 Å². The Bertz CT molecular complexity index is 444. The molecule has 0 aliphatic carbocycles. The van der Waals surface area contributed by atoms with Crippen molar-refractivity contribution in [2.75, 3.05) is 47.9 Å². The average molecular weight is 351 g/mol. The molecule has 140 valence electrons. The first-order valence-electron chi connectivity index (χ1n) is 7.51. The van der Waals surface area contributed by atoms with Crippen molar-refractivity contribution < 1.29 is 43.6 Å². The smallest absolute Gasteiger partial charge is 0.359 e. The maximum atomic E-state index is 12.3. The first kappa shape index (κ1) is 20.7. The second kappa shape index (κ2) is 8.70. The minimum atomic E-state index is -1.34. The highest BCUT2D eigenvalue weighted by atomic mass is 16.7. The lowest BCUT2D eigenvalue weighted by Crippen LogP contribution is -2.62. The summed E-state index contributed by atoms with van der Waals surface area (Å²) in [6.45, 7) is 0.528. The zero-order valence-corrected chi connectivity index (χ0v) is 14.3. The summed E-state index contributed by atoms with van der Waals surface area (Å²) in [6, 6.07) is 0. The lowest BCUT2D eigenvalue weighted by molar-refractivity contribution is -0.881. The lowest BCUT2D eigenvalue weighted by atomic mass is 9.98. The third-order valence-electron chi connectivity index (χ3n) is 3.89. The van der Waals surface area contributed by atoms with Crippen molar-refractivity contribution in [1.82, 2.24) is 5.32 Å². The number of aliphatic carboxylic acids is 1. The number of quaternary nitrogens is 1. The van der Waals surface area contributed by atoms with E-state index in [1.165, 1.54) is 14.2 Å². The summed E-state index contributed by atoms with van der Waals surface area (Å²) in [6.07, 6.45) is -6.04. The van der Waals surface area contributed by atoms with E-state index in [1.54, 1.807) is 14.1 Å². The zero-order valence-electron chi connectivity index (χ0n) is 14.3. The van der Waals surface area contributed by atoms with Crippen LogP contribution < -0.4 is 5.32 Å². The van der Waals surface area contributed by atoms with Crippen LogP contribution in [0.2, 0.25) is 0 Å². The van der Waals surface area contributed by atoms with Crippen LogP contribution in [0.1, 0.15) is 0 Å². The minimum Gasteiger partial charge on any atom is -0.477 e. The Morgan fingerprint density at radius 3 is 2.29 bits per heavy atom. The van der Waals surface area contributed by atoms with Gasteiger partial charge in [-0.3, -0.25) is 4.79 Å². The van der Waals surface area contributed by atoms with Crippen LogP contribution in [0.5, 0.6) is 0 Å². The molecule has 1 rings (SSSR count). The normalized spacial score (nSPS) is 30.8. The van der Waals surface area contributed by atoms with Gasteiger partial charge in [0.15, 0.2) is 18.9 Å². The number of carboxylic acids is 1. The molecule has 0 bridgehead atoms. The molecule has 10 nitrogen and oxygen atoms in total. The van der Waals surface area contributed by atoms with Gasteiger partial charge in [-0.25, -0.2) is 4.79 Å². The predicted molar refractivity (Wildman–Crippen MR) is 81.0 cm³/mol. The summed E-state index contributed by atoms with van der Waals surface area (Å²) in [7, 11) is 6.05. The Labute approximate surface area is 140 Å². The molecule has 0 aromatic carbocycles. The molecule has 1 amide bonds. The highest BCUT2D eigenvalue weighted by Crippen LogP contribution is 2.23. The van der Waals surface area contributed by atoms with Gasteiger partial charge in [-0.05, 0) is 0 Å². The molecule has 0 radical (unpaired) electrons. The van der Waals surface area contributed by atoms with Crippen molar-refractivity contribution >= 4 is 11.9 Å². The molecule has 1 aliphatic rings. The van der Waals surface area contributed by atoms with Crippen molar-refractivity contribution in [3.05, 3.63) is 0 Å². The quantitative estimate of drug-likeness (QED) is 0.349. The van der Waals surface area contributed by atoms with E-state index in [4.69, 9.17) is 19.3 Å². The van der Waals surface area contributed by atoms with Gasteiger partial charge in [0, 0.05) is 14.2 Å². The van der Waals surface area contributed by atoms with Gasteiger partial charge in [0.25, 0.3) is 5.91 Å². The maximum Gasteiger partial charge on any atom is 0.359 e. The Morgan fingerprint density at radius 2 is 1.79 bits per heavy atom. The number of aliphatic hydroxyl groups is 2. The van der Waals surface area contributed by atoms with Crippen molar-refractivity contribution in [2.24, 2.45) is 0 Å². The molecule has 1 heterocycles. The van der Waals surface area contributed by atoms with E-state index in [2.05, 4.69) is 5.32 Å². The van der Waals surface area contributed by atoms with E-state index >= 15 is 0 Å². The lowest BCUT2D eigenvalue weighted by Gasteiger charge is -2.40. The number of ether oxygens (including phenoxy) is 3. The van der Waals surface area contributed by atoms with Gasteiger partial charge in [0.1, 0.15) is 18.3 Å². The molecule has 0 aromatic rings. The summed E-state index contributed by atoms with van der Waals surface area (Å²) in [5, 5.41) is 31.3. The molecule has 0 saturated carbocycles. The number of likely N-dealkylation sites (N-methyl/N-ethyl adjacent to an activating group) is 1. The first-order chi connectivity index (χ1) is 11.1. The molecule has 1 saturated heterocycles. The van der Waals surface area contributed by atoms with Crippen LogP contribution in [0.3, 0.4) is 0 Å². The number of nitrogens with zero attached hydrogens (tertiary/aromatic N) is 1. The molecule has 0 spiro atoms. The fourth-order valence-corrected chi connectivity index (χ4v) is 2.53. The number of amides is 1. The number of carbonyl (C=O) groups excluding carboxylic acids is 1. The van der Waals surface area contributed by atoms with Crippen molar-refractivity contribution in [1.29, 1.82) is 0 Å². The molecule has 0 aromatic heterocycles. The van der Waals surface area contributed by atoms with Gasteiger partial charge in [-0.15, -0.1) is 0 Å². The highest BCUT2D eigenvalue weighted by Gasteiger charge is 2.48. The van der Waals surface area contributed by atoms with Crippen LogP contribution in [0.4, 0.5) is 0 Å². The second-order valence-electron chi connectivity index (χ2n) is 6.34. The summed E-state index contributed by atoms with van der Waals surface area (Å²) in [5.41, 5.74) is 0. The topological polar surface area (TPSA) is 135 Å². The van der Waals surface area contributed by atoms with Gasteiger partial charge < -0.3 is 39.3 Å². The SMILES string of the molecule is COC1OC(C(=O)NCC[N+](C)(C)CC(=O)O)[C@@H](OC)[C@H](O)[C@H]1O. The molecule has 2 unspecified atom stereocenters. The number of methoxy groups -OCH3 is 2. The standard InChI is InChI=1S/C14H26N2O8/c1-16(2,7-8(17)18)6-5-15-13(21)12-11(22-3)9(19)10(20)14(23-4)24-12/h9-12,14,19-20H,5-7H2,1-4H3,(H-,15,17,18,21)/p+1/t9-,10-,11+,12?,14?/m1/s1. The van der Waals surface area contributed by atoms with Gasteiger partial charge in [0.2, 0.25) is 0 Å². The summed E-state index contributed by atoms with van der Waals surface area (Å²) in [4.78, 5) is 23.1. The van der Waals surface area contributed by atoms with E-state index in [-0.39, 0.29) is 17.6 Å².